The molecule has 2 aromatic rings. The zero-order chi connectivity index (χ0) is 38.5. The first-order chi connectivity index (χ1) is 23.7. The second-order valence-electron chi connectivity index (χ2n) is 14.8. The molecular formula is C38H56FN5O7. The van der Waals surface area contributed by atoms with E-state index in [1.807, 2.05) is 30.3 Å². The zero-order valence-corrected chi connectivity index (χ0v) is 31.3. The van der Waals surface area contributed by atoms with Crippen molar-refractivity contribution in [3.63, 3.8) is 0 Å². The van der Waals surface area contributed by atoms with Crippen LogP contribution in [0.5, 0.6) is 0 Å². The SMILES string of the molecule is COCC[C@H](NC(=O)[C@@H](C)NC(=O)[C@@H](NC(=O)[C@@H](NC(=O)[C@@H](F)CC(C)(C)C)C(C)(C)O)[C@@H](C)c1ccccc1)C(=O)N(C)Cc1ccccc1. The number of halogens is 1. The molecule has 282 valence electrons. The Kier molecular flexibility index (Phi) is 16.2. The maximum absolute atomic E-state index is 14.9. The number of hydrogen-bond acceptors (Lipinski definition) is 7. The number of carbonyl (C=O) groups excluding carboxylic acids is 5. The molecule has 0 saturated carbocycles. The summed E-state index contributed by atoms with van der Waals surface area (Å²) in [6.07, 6.45) is -1.87. The third-order valence-electron chi connectivity index (χ3n) is 8.35. The third-order valence-corrected chi connectivity index (χ3v) is 8.35. The maximum atomic E-state index is 14.9. The van der Waals surface area contributed by atoms with Gasteiger partial charge in [0.25, 0.3) is 5.91 Å². The first kappa shape index (κ1) is 42.8. The molecular weight excluding hydrogens is 657 g/mol. The molecule has 0 fully saturated rings. The van der Waals surface area contributed by atoms with E-state index in [0.717, 1.165) is 5.56 Å². The van der Waals surface area contributed by atoms with Crippen LogP contribution < -0.4 is 21.3 Å². The van der Waals surface area contributed by atoms with Crippen molar-refractivity contribution in [2.75, 3.05) is 20.8 Å². The molecule has 13 heteroatoms. The number of nitrogens with one attached hydrogen (secondary N) is 4. The number of methoxy groups -OCH3 is 1. The Balaban J connectivity index is 2.28. The molecule has 12 nitrogen and oxygen atoms in total. The molecule has 2 aromatic carbocycles. The molecule has 6 atom stereocenters. The monoisotopic (exact) mass is 713 g/mol. The Morgan fingerprint density at radius 1 is 0.804 bits per heavy atom. The Morgan fingerprint density at radius 3 is 1.90 bits per heavy atom. The summed E-state index contributed by atoms with van der Waals surface area (Å²) in [4.78, 5) is 68.6. The highest BCUT2D eigenvalue weighted by Gasteiger charge is 2.40. The molecule has 5 N–H and O–H groups in total. The van der Waals surface area contributed by atoms with Gasteiger partial charge in [-0.15, -0.1) is 0 Å². The molecule has 5 amide bonds. The Bertz CT molecular complexity index is 1450. The molecule has 0 radical (unpaired) electrons. The molecule has 0 bridgehead atoms. The summed E-state index contributed by atoms with van der Waals surface area (Å²) in [5.41, 5.74) is -0.773. The van der Waals surface area contributed by atoms with Crippen molar-refractivity contribution in [1.82, 2.24) is 26.2 Å². The molecule has 0 saturated heterocycles. The first-order valence-corrected chi connectivity index (χ1v) is 17.2. The van der Waals surface area contributed by atoms with Crippen LogP contribution in [0.2, 0.25) is 0 Å². The molecule has 0 aliphatic carbocycles. The standard InChI is InChI=1S/C38H56FN5O7/c1-24(27-18-14-11-15-19-27)30(42-35(48)31(38(6,7)50)43-33(46)28(39)22-37(3,4)5)34(47)40-25(2)32(45)41-29(20-21-51-9)36(49)44(8)23-26-16-12-10-13-17-26/h10-19,24-25,28-31,50H,20-23H2,1-9H3,(H,40,47)(H,41,45)(H,42,48)(H,43,46)/t24-,25+,28-,29-,30-,31+/m0/s1. The lowest BCUT2D eigenvalue weighted by Gasteiger charge is -2.33. The second-order valence-corrected chi connectivity index (χ2v) is 14.8. The van der Waals surface area contributed by atoms with E-state index >= 15 is 0 Å². The van der Waals surface area contributed by atoms with Gasteiger partial charge in [0.05, 0.1) is 5.60 Å². The van der Waals surface area contributed by atoms with E-state index < -0.39 is 70.9 Å². The average molecular weight is 714 g/mol. The molecule has 2 rings (SSSR count). The van der Waals surface area contributed by atoms with Crippen molar-refractivity contribution < 1.29 is 38.2 Å². The predicted molar refractivity (Wildman–Crippen MR) is 193 cm³/mol. The number of alkyl halides is 1. The third kappa shape index (κ3) is 14.1. The van der Waals surface area contributed by atoms with Crippen molar-refractivity contribution in [2.45, 2.75) is 110 Å². The van der Waals surface area contributed by atoms with Gasteiger partial charge in [-0.1, -0.05) is 88.4 Å². The molecule has 0 unspecified atom stereocenters. The van der Waals surface area contributed by atoms with Crippen molar-refractivity contribution >= 4 is 29.5 Å². The van der Waals surface area contributed by atoms with Crippen LogP contribution in [0.4, 0.5) is 4.39 Å². The first-order valence-electron chi connectivity index (χ1n) is 17.2. The Hall–Kier alpha value is -4.36. The lowest BCUT2D eigenvalue weighted by atomic mass is 9.89. The lowest BCUT2D eigenvalue weighted by molar-refractivity contribution is -0.140. The van der Waals surface area contributed by atoms with E-state index in [-0.39, 0.29) is 25.4 Å². The number of likely N-dealkylation sites (N-methyl/N-ethyl adjacent to an activating group) is 1. The quantitative estimate of drug-likeness (QED) is 0.158. The highest BCUT2D eigenvalue weighted by molar-refractivity contribution is 5.96. The van der Waals surface area contributed by atoms with E-state index in [1.54, 1.807) is 65.1 Å². The average Bonchev–Trinajstić information content (AvgIpc) is 3.06. The number of hydrogen-bond donors (Lipinski definition) is 5. The van der Waals surface area contributed by atoms with E-state index in [4.69, 9.17) is 4.74 Å². The van der Waals surface area contributed by atoms with Gasteiger partial charge in [-0.3, -0.25) is 24.0 Å². The van der Waals surface area contributed by atoms with Crippen LogP contribution in [0.25, 0.3) is 0 Å². The summed E-state index contributed by atoms with van der Waals surface area (Å²) < 4.78 is 20.0. The summed E-state index contributed by atoms with van der Waals surface area (Å²) in [5, 5.41) is 21.2. The van der Waals surface area contributed by atoms with Gasteiger partial charge >= 0.3 is 0 Å². The van der Waals surface area contributed by atoms with Gasteiger partial charge in [0, 0.05) is 33.2 Å². The van der Waals surface area contributed by atoms with Crippen molar-refractivity contribution in [1.29, 1.82) is 0 Å². The maximum Gasteiger partial charge on any atom is 0.255 e. The number of ether oxygens (including phenoxy) is 1. The van der Waals surface area contributed by atoms with Gasteiger partial charge in [0.2, 0.25) is 23.6 Å². The minimum atomic E-state index is -1.94. The van der Waals surface area contributed by atoms with E-state index in [0.29, 0.717) is 12.1 Å². The highest BCUT2D eigenvalue weighted by Crippen LogP contribution is 2.24. The van der Waals surface area contributed by atoms with Crippen molar-refractivity contribution in [3.05, 3.63) is 71.8 Å². The van der Waals surface area contributed by atoms with Gasteiger partial charge in [-0.2, -0.15) is 0 Å². The molecule has 0 aliphatic heterocycles. The summed E-state index contributed by atoms with van der Waals surface area (Å²) in [5.74, 6) is -4.37. The van der Waals surface area contributed by atoms with E-state index in [2.05, 4.69) is 21.3 Å². The summed E-state index contributed by atoms with van der Waals surface area (Å²) in [7, 11) is 3.12. The van der Waals surface area contributed by atoms with Crippen LogP contribution in [-0.4, -0.2) is 96.2 Å². The smallest absolute Gasteiger partial charge is 0.255 e. The number of amides is 5. The van der Waals surface area contributed by atoms with Crippen LogP contribution in [0.1, 0.15) is 78.4 Å². The van der Waals surface area contributed by atoms with Gasteiger partial charge < -0.3 is 36.0 Å². The van der Waals surface area contributed by atoms with Crippen LogP contribution in [-0.2, 0) is 35.3 Å². The van der Waals surface area contributed by atoms with Crippen molar-refractivity contribution in [2.24, 2.45) is 5.41 Å². The molecule has 0 spiro atoms. The van der Waals surface area contributed by atoms with Crippen LogP contribution in [0.15, 0.2) is 60.7 Å². The van der Waals surface area contributed by atoms with Gasteiger partial charge in [0.15, 0.2) is 6.17 Å². The summed E-state index contributed by atoms with van der Waals surface area (Å²) in [6.45, 7) is 11.5. The predicted octanol–water partition coefficient (Wildman–Crippen LogP) is 2.99. The Morgan fingerprint density at radius 2 is 1.37 bits per heavy atom. The van der Waals surface area contributed by atoms with Crippen molar-refractivity contribution in [3.8, 4) is 0 Å². The fourth-order valence-electron chi connectivity index (χ4n) is 5.39. The highest BCUT2D eigenvalue weighted by atomic mass is 19.1. The second kappa shape index (κ2) is 19.3. The zero-order valence-electron chi connectivity index (χ0n) is 31.3. The van der Waals surface area contributed by atoms with Crippen LogP contribution in [0, 0.1) is 5.41 Å². The number of carbonyl (C=O) groups is 5. The topological polar surface area (TPSA) is 166 Å². The number of benzene rings is 2. The van der Waals surface area contributed by atoms with E-state index in [1.165, 1.54) is 32.8 Å². The summed E-state index contributed by atoms with van der Waals surface area (Å²) >= 11 is 0. The van der Waals surface area contributed by atoms with Crippen LogP contribution >= 0.6 is 0 Å². The summed E-state index contributed by atoms with van der Waals surface area (Å²) in [6, 6.07) is 13.2. The molecule has 0 heterocycles. The van der Waals surface area contributed by atoms with Gasteiger partial charge in [-0.25, -0.2) is 4.39 Å². The fourth-order valence-corrected chi connectivity index (χ4v) is 5.39. The fraction of sp³-hybridized carbons (Fsp3) is 0.553. The normalized spacial score (nSPS) is 15.3. The molecule has 0 aromatic heterocycles. The van der Waals surface area contributed by atoms with Gasteiger partial charge in [0.1, 0.15) is 24.2 Å². The number of aliphatic hydroxyl groups is 1. The number of nitrogens with zero attached hydrogens (tertiary/aromatic N) is 1. The Labute approximate surface area is 301 Å². The van der Waals surface area contributed by atoms with Gasteiger partial charge in [-0.05, 0) is 50.2 Å². The minimum Gasteiger partial charge on any atom is -0.388 e. The van der Waals surface area contributed by atoms with Crippen LogP contribution in [0.3, 0.4) is 0 Å². The molecule has 0 aliphatic rings. The largest absolute Gasteiger partial charge is 0.388 e. The minimum absolute atomic E-state index is 0.115. The molecule has 51 heavy (non-hydrogen) atoms. The lowest BCUT2D eigenvalue weighted by Crippen LogP contribution is -2.63. The number of rotatable bonds is 18. The van der Waals surface area contributed by atoms with E-state index in [9.17, 15) is 33.5 Å².